The zero-order chi connectivity index (χ0) is 17.8. The lowest BCUT2D eigenvalue weighted by Gasteiger charge is -2.14. The van der Waals surface area contributed by atoms with Crippen LogP contribution in [0.25, 0.3) is 10.9 Å². The Morgan fingerprint density at radius 2 is 1.92 bits per heavy atom. The fraction of sp³-hybridized carbons (Fsp3) is 0.176. The number of hydrogen-bond donors (Lipinski definition) is 2. The molecular weight excluding hydrogens is 360 g/mol. The van der Waals surface area contributed by atoms with Crippen LogP contribution in [-0.2, 0) is 0 Å². The van der Waals surface area contributed by atoms with E-state index in [1.165, 1.54) is 18.3 Å². The third-order valence-electron chi connectivity index (χ3n) is 3.54. The van der Waals surface area contributed by atoms with Crippen LogP contribution in [0.15, 0.2) is 41.6 Å². The molecule has 2 N–H and O–H groups in total. The van der Waals surface area contributed by atoms with Gasteiger partial charge >= 0.3 is 0 Å². The minimum atomic E-state index is 0.597. The Balaban J connectivity index is 2.09. The zero-order valence-electron chi connectivity index (χ0n) is 14.0. The highest BCUT2D eigenvalue weighted by Crippen LogP contribution is 2.36. The maximum atomic E-state index is 6.33. The molecule has 0 unspecified atom stereocenters. The summed E-state index contributed by atoms with van der Waals surface area (Å²) in [5.74, 6) is 1.90. The van der Waals surface area contributed by atoms with Crippen molar-refractivity contribution in [3.05, 3.63) is 41.7 Å². The normalized spacial score (nSPS) is 10.7. The smallest absolute Gasteiger partial charge is 0.145 e. The third kappa shape index (κ3) is 3.73. The predicted octanol–water partition coefficient (Wildman–Crippen LogP) is 4.27. The van der Waals surface area contributed by atoms with Crippen molar-refractivity contribution in [3.63, 3.8) is 0 Å². The van der Waals surface area contributed by atoms with Crippen LogP contribution in [0.2, 0.25) is 5.02 Å². The number of ether oxygens (including phenoxy) is 2. The molecule has 0 atom stereocenters. The molecule has 3 aromatic rings. The number of benzene rings is 2. The number of aromatic nitrogens is 2. The molecule has 0 saturated carbocycles. The molecule has 0 spiro atoms. The number of fused-ring (bicyclic) bond motifs is 1. The van der Waals surface area contributed by atoms with Crippen molar-refractivity contribution >= 4 is 46.0 Å². The minimum Gasteiger partial charge on any atom is -0.497 e. The van der Waals surface area contributed by atoms with Gasteiger partial charge in [-0.15, -0.1) is 0 Å². The molecule has 25 heavy (non-hydrogen) atoms. The van der Waals surface area contributed by atoms with E-state index in [1.54, 1.807) is 20.3 Å². The Hall–Kier alpha value is -2.22. The van der Waals surface area contributed by atoms with Crippen LogP contribution in [0.5, 0.6) is 11.5 Å². The van der Waals surface area contributed by atoms with Gasteiger partial charge in [-0.05, 0) is 37.2 Å². The van der Waals surface area contributed by atoms with Crippen LogP contribution in [0, 0.1) is 0 Å². The molecule has 1 aromatic heterocycles. The van der Waals surface area contributed by atoms with E-state index >= 15 is 0 Å². The summed E-state index contributed by atoms with van der Waals surface area (Å²) in [4.78, 5) is 9.70. The van der Waals surface area contributed by atoms with Crippen molar-refractivity contribution in [2.24, 2.45) is 0 Å². The van der Waals surface area contributed by atoms with Crippen LogP contribution in [-0.4, -0.2) is 31.2 Å². The molecule has 0 aliphatic heterocycles. The van der Waals surface area contributed by atoms with Gasteiger partial charge in [-0.1, -0.05) is 11.6 Å². The highest BCUT2D eigenvalue weighted by atomic mass is 35.5. The first-order valence-corrected chi connectivity index (χ1v) is 8.62. The average Bonchev–Trinajstić information content (AvgIpc) is 2.63. The molecule has 1 heterocycles. The van der Waals surface area contributed by atoms with E-state index in [9.17, 15) is 0 Å². The van der Waals surface area contributed by atoms with Crippen molar-refractivity contribution in [1.82, 2.24) is 14.7 Å². The number of hydrogen-bond acceptors (Lipinski definition) is 7. The number of nitrogens with one attached hydrogen (secondary N) is 2. The minimum absolute atomic E-state index is 0.597. The Bertz CT molecular complexity index is 907. The van der Waals surface area contributed by atoms with Gasteiger partial charge in [0.1, 0.15) is 23.6 Å². The molecule has 2 aromatic carbocycles. The van der Waals surface area contributed by atoms with Gasteiger partial charge in [0.05, 0.1) is 35.8 Å². The maximum Gasteiger partial charge on any atom is 0.145 e. The number of rotatable bonds is 6. The second kappa shape index (κ2) is 7.77. The van der Waals surface area contributed by atoms with E-state index in [1.807, 2.05) is 31.3 Å². The van der Waals surface area contributed by atoms with Crippen LogP contribution in [0.4, 0.5) is 11.5 Å². The predicted molar refractivity (Wildman–Crippen MR) is 102 cm³/mol. The summed E-state index contributed by atoms with van der Waals surface area (Å²) < 4.78 is 13.8. The molecule has 0 aliphatic carbocycles. The quantitative estimate of drug-likeness (QED) is 0.622. The lowest BCUT2D eigenvalue weighted by molar-refractivity contribution is 0.398. The molecule has 0 radical (unpaired) electrons. The molecule has 6 nitrogen and oxygen atoms in total. The Kier molecular flexibility index (Phi) is 5.47. The Morgan fingerprint density at radius 1 is 1.08 bits per heavy atom. The SMILES string of the molecule is CNSc1ccc(Cl)c(Nc2ncnc3cc(OC)cc(OC)c23)c1. The molecule has 0 amide bonds. The van der Waals surface area contributed by atoms with E-state index < -0.39 is 0 Å². The van der Waals surface area contributed by atoms with E-state index in [0.717, 1.165) is 16.0 Å². The molecule has 0 bridgehead atoms. The summed E-state index contributed by atoms with van der Waals surface area (Å²) in [6.07, 6.45) is 1.49. The van der Waals surface area contributed by atoms with Crippen LogP contribution in [0.1, 0.15) is 0 Å². The van der Waals surface area contributed by atoms with Crippen molar-refractivity contribution in [3.8, 4) is 11.5 Å². The summed E-state index contributed by atoms with van der Waals surface area (Å²) in [6, 6.07) is 9.37. The van der Waals surface area contributed by atoms with Crippen molar-refractivity contribution in [2.75, 3.05) is 26.6 Å². The second-order valence-corrected chi connectivity index (χ2v) is 6.51. The largest absolute Gasteiger partial charge is 0.497 e. The summed E-state index contributed by atoms with van der Waals surface area (Å²) in [6.45, 7) is 0. The van der Waals surface area contributed by atoms with Gasteiger partial charge < -0.3 is 14.8 Å². The van der Waals surface area contributed by atoms with E-state index in [-0.39, 0.29) is 0 Å². The summed E-state index contributed by atoms with van der Waals surface area (Å²) in [5.41, 5.74) is 1.46. The van der Waals surface area contributed by atoms with Gasteiger partial charge in [0.2, 0.25) is 0 Å². The van der Waals surface area contributed by atoms with Gasteiger partial charge in [0.25, 0.3) is 0 Å². The maximum absolute atomic E-state index is 6.33. The summed E-state index contributed by atoms with van der Waals surface area (Å²) >= 11 is 7.83. The van der Waals surface area contributed by atoms with Gasteiger partial charge in [0, 0.05) is 17.0 Å². The van der Waals surface area contributed by atoms with Crippen molar-refractivity contribution in [2.45, 2.75) is 4.90 Å². The fourth-order valence-corrected chi connectivity index (χ4v) is 3.13. The van der Waals surface area contributed by atoms with Crippen LogP contribution >= 0.6 is 23.5 Å². The topological polar surface area (TPSA) is 68.3 Å². The lowest BCUT2D eigenvalue weighted by Crippen LogP contribution is -2.00. The first kappa shape index (κ1) is 17.6. The summed E-state index contributed by atoms with van der Waals surface area (Å²) in [5, 5.41) is 4.64. The molecule has 8 heteroatoms. The number of methoxy groups -OCH3 is 2. The van der Waals surface area contributed by atoms with Gasteiger partial charge in [-0.3, -0.25) is 4.72 Å². The fourth-order valence-electron chi connectivity index (χ4n) is 2.41. The first-order chi connectivity index (χ1) is 12.2. The highest BCUT2D eigenvalue weighted by molar-refractivity contribution is 7.97. The summed E-state index contributed by atoms with van der Waals surface area (Å²) in [7, 11) is 5.07. The van der Waals surface area contributed by atoms with E-state index in [2.05, 4.69) is 20.0 Å². The molecule has 3 rings (SSSR count). The first-order valence-electron chi connectivity index (χ1n) is 7.43. The average molecular weight is 377 g/mol. The Labute approximate surface area is 155 Å². The molecule has 0 fully saturated rings. The molecule has 130 valence electrons. The van der Waals surface area contributed by atoms with Gasteiger partial charge in [-0.25, -0.2) is 9.97 Å². The second-order valence-electron chi connectivity index (χ2n) is 5.02. The number of halogens is 1. The highest BCUT2D eigenvalue weighted by Gasteiger charge is 2.13. The van der Waals surface area contributed by atoms with Crippen molar-refractivity contribution in [1.29, 1.82) is 0 Å². The third-order valence-corrected chi connectivity index (χ3v) is 4.57. The van der Waals surface area contributed by atoms with Crippen molar-refractivity contribution < 1.29 is 9.47 Å². The van der Waals surface area contributed by atoms with Gasteiger partial charge in [-0.2, -0.15) is 0 Å². The van der Waals surface area contributed by atoms with Gasteiger partial charge in [0.15, 0.2) is 0 Å². The lowest BCUT2D eigenvalue weighted by atomic mass is 10.2. The Morgan fingerprint density at radius 3 is 2.64 bits per heavy atom. The number of nitrogens with zero attached hydrogens (tertiary/aromatic N) is 2. The van der Waals surface area contributed by atoms with E-state index in [0.29, 0.717) is 27.9 Å². The molecule has 0 saturated heterocycles. The molecular formula is C17H17ClN4O2S. The molecule has 0 aliphatic rings. The zero-order valence-corrected chi connectivity index (χ0v) is 15.5. The monoisotopic (exact) mass is 376 g/mol. The van der Waals surface area contributed by atoms with Crippen LogP contribution in [0.3, 0.4) is 0 Å². The standard InChI is InChI=1S/C17H17ClN4O2S/c1-19-25-11-4-5-12(18)13(8-11)22-17-16-14(20-9-21-17)6-10(23-2)7-15(16)24-3/h4-9,19H,1-3H3,(H,20,21,22). The van der Waals surface area contributed by atoms with E-state index in [4.69, 9.17) is 21.1 Å². The van der Waals surface area contributed by atoms with Crippen LogP contribution < -0.4 is 19.5 Å². The number of anilines is 2.